The van der Waals surface area contributed by atoms with Crippen LogP contribution in [-0.4, -0.2) is 16.8 Å². The molecule has 1 aliphatic rings. The number of carbonyl (C=O) groups is 2. The standard InChI is InChI=1S/C16H19N3O2S2/c1-9-13(23-8-18-9)15(21)19-16-12(14(17)20)11(7-22-16)10-5-3-2-4-6-10/h7-8,10H,2-6H2,1H3,(H2,17,20)(H,19,21). The predicted molar refractivity (Wildman–Crippen MR) is 93.5 cm³/mol. The minimum Gasteiger partial charge on any atom is -0.365 e. The fourth-order valence-electron chi connectivity index (χ4n) is 3.11. The summed E-state index contributed by atoms with van der Waals surface area (Å²) in [7, 11) is 0. The molecule has 0 radical (unpaired) electrons. The van der Waals surface area contributed by atoms with Crippen LogP contribution in [0, 0.1) is 6.92 Å². The van der Waals surface area contributed by atoms with E-state index in [0.29, 0.717) is 27.1 Å². The van der Waals surface area contributed by atoms with Crippen molar-refractivity contribution in [3.8, 4) is 0 Å². The van der Waals surface area contributed by atoms with Gasteiger partial charge in [-0.2, -0.15) is 0 Å². The first-order chi connectivity index (χ1) is 11.1. The van der Waals surface area contributed by atoms with Crippen LogP contribution < -0.4 is 11.1 Å². The van der Waals surface area contributed by atoms with Crippen LogP contribution in [-0.2, 0) is 0 Å². The number of thiophene rings is 1. The molecule has 1 aliphatic carbocycles. The van der Waals surface area contributed by atoms with Crippen LogP contribution in [0.25, 0.3) is 0 Å². The Kier molecular flexibility index (Phi) is 4.77. The molecular weight excluding hydrogens is 330 g/mol. The maximum atomic E-state index is 12.4. The van der Waals surface area contributed by atoms with Crippen molar-refractivity contribution in [2.45, 2.75) is 44.9 Å². The Bertz CT molecular complexity index is 730. The molecular formula is C16H19N3O2S2. The highest BCUT2D eigenvalue weighted by atomic mass is 32.1. The topological polar surface area (TPSA) is 85.1 Å². The molecule has 2 heterocycles. The molecule has 0 bridgehead atoms. The average molecular weight is 349 g/mol. The summed E-state index contributed by atoms with van der Waals surface area (Å²) in [5.41, 5.74) is 9.41. The lowest BCUT2D eigenvalue weighted by Crippen LogP contribution is -2.19. The van der Waals surface area contributed by atoms with E-state index in [2.05, 4.69) is 10.3 Å². The molecule has 1 saturated carbocycles. The molecule has 2 amide bonds. The summed E-state index contributed by atoms with van der Waals surface area (Å²) in [6, 6.07) is 0. The van der Waals surface area contributed by atoms with Crippen LogP contribution in [0.1, 0.15) is 69.3 Å². The third kappa shape index (κ3) is 3.30. The van der Waals surface area contributed by atoms with E-state index in [1.165, 1.54) is 41.9 Å². The van der Waals surface area contributed by atoms with Crippen LogP contribution in [0.4, 0.5) is 5.00 Å². The lowest BCUT2D eigenvalue weighted by molar-refractivity contribution is 0.1000. The molecule has 0 unspecified atom stereocenters. The highest BCUT2D eigenvalue weighted by molar-refractivity contribution is 7.15. The average Bonchev–Trinajstić information content (AvgIpc) is 3.14. The fourth-order valence-corrected chi connectivity index (χ4v) is 4.85. The Morgan fingerprint density at radius 1 is 1.26 bits per heavy atom. The van der Waals surface area contributed by atoms with Crippen molar-refractivity contribution in [2.75, 3.05) is 5.32 Å². The van der Waals surface area contributed by atoms with Gasteiger partial charge in [0.1, 0.15) is 9.88 Å². The Labute approximate surface area is 142 Å². The zero-order valence-corrected chi connectivity index (χ0v) is 14.6. The molecule has 0 aromatic carbocycles. The normalized spacial score (nSPS) is 15.5. The second-order valence-corrected chi connectivity index (χ2v) is 7.55. The van der Waals surface area contributed by atoms with E-state index in [-0.39, 0.29) is 5.91 Å². The van der Waals surface area contributed by atoms with Crippen molar-refractivity contribution in [2.24, 2.45) is 5.73 Å². The van der Waals surface area contributed by atoms with Gasteiger partial charge < -0.3 is 11.1 Å². The molecule has 5 nitrogen and oxygen atoms in total. The molecule has 1 fully saturated rings. The number of hydrogen-bond acceptors (Lipinski definition) is 5. The molecule has 7 heteroatoms. The first-order valence-corrected chi connectivity index (χ1v) is 9.46. The van der Waals surface area contributed by atoms with Crippen LogP contribution in [0.15, 0.2) is 10.9 Å². The Hall–Kier alpha value is -1.73. The van der Waals surface area contributed by atoms with Crippen LogP contribution in [0.5, 0.6) is 0 Å². The van der Waals surface area contributed by atoms with Gasteiger partial charge in [0.05, 0.1) is 16.8 Å². The van der Waals surface area contributed by atoms with Gasteiger partial charge in [0.2, 0.25) is 0 Å². The second-order valence-electron chi connectivity index (χ2n) is 5.82. The smallest absolute Gasteiger partial charge is 0.268 e. The van der Waals surface area contributed by atoms with Crippen molar-refractivity contribution in [3.63, 3.8) is 0 Å². The molecule has 3 rings (SSSR count). The van der Waals surface area contributed by atoms with Gasteiger partial charge >= 0.3 is 0 Å². The summed E-state index contributed by atoms with van der Waals surface area (Å²) in [6.07, 6.45) is 5.78. The van der Waals surface area contributed by atoms with E-state index in [9.17, 15) is 9.59 Å². The molecule has 3 N–H and O–H groups in total. The summed E-state index contributed by atoms with van der Waals surface area (Å²) < 4.78 is 0. The van der Waals surface area contributed by atoms with Crippen molar-refractivity contribution in [3.05, 3.63) is 32.6 Å². The zero-order valence-electron chi connectivity index (χ0n) is 12.9. The zero-order chi connectivity index (χ0) is 16.4. The summed E-state index contributed by atoms with van der Waals surface area (Å²) in [6.45, 7) is 1.79. The monoisotopic (exact) mass is 349 g/mol. The molecule has 23 heavy (non-hydrogen) atoms. The van der Waals surface area contributed by atoms with Gasteiger partial charge in [-0.1, -0.05) is 19.3 Å². The third-order valence-electron chi connectivity index (χ3n) is 4.29. The van der Waals surface area contributed by atoms with E-state index in [1.54, 1.807) is 12.4 Å². The van der Waals surface area contributed by atoms with Crippen LogP contribution in [0.3, 0.4) is 0 Å². The molecule has 0 atom stereocenters. The molecule has 0 aliphatic heterocycles. The number of nitrogens with one attached hydrogen (secondary N) is 1. The number of hydrogen-bond donors (Lipinski definition) is 2. The highest BCUT2D eigenvalue weighted by Gasteiger charge is 2.26. The number of anilines is 1. The minimum absolute atomic E-state index is 0.232. The number of rotatable bonds is 4. The van der Waals surface area contributed by atoms with Crippen molar-refractivity contribution in [1.82, 2.24) is 4.98 Å². The van der Waals surface area contributed by atoms with E-state index >= 15 is 0 Å². The first-order valence-electron chi connectivity index (χ1n) is 7.70. The highest BCUT2D eigenvalue weighted by Crippen LogP contribution is 2.40. The Balaban J connectivity index is 1.87. The number of aryl methyl sites for hydroxylation is 1. The number of primary amides is 1. The fraction of sp³-hybridized carbons (Fsp3) is 0.438. The van der Waals surface area contributed by atoms with Crippen molar-refractivity contribution >= 4 is 39.5 Å². The molecule has 2 aromatic heterocycles. The Morgan fingerprint density at radius 3 is 2.61 bits per heavy atom. The molecule has 0 saturated heterocycles. The summed E-state index contributed by atoms with van der Waals surface area (Å²) >= 11 is 2.67. The Morgan fingerprint density at radius 2 is 2.00 bits per heavy atom. The van der Waals surface area contributed by atoms with Crippen molar-refractivity contribution < 1.29 is 9.59 Å². The lowest BCUT2D eigenvalue weighted by Gasteiger charge is -2.21. The van der Waals surface area contributed by atoms with Gasteiger partial charge in [0.25, 0.3) is 11.8 Å². The summed E-state index contributed by atoms with van der Waals surface area (Å²) in [4.78, 5) is 29.0. The maximum absolute atomic E-state index is 12.4. The number of nitrogens with zero attached hydrogens (tertiary/aromatic N) is 1. The van der Waals surface area contributed by atoms with Crippen LogP contribution >= 0.6 is 22.7 Å². The first kappa shape index (κ1) is 16.1. The van der Waals surface area contributed by atoms with Gasteiger partial charge in [0, 0.05) is 0 Å². The minimum atomic E-state index is -0.469. The predicted octanol–water partition coefficient (Wildman–Crippen LogP) is 3.91. The van der Waals surface area contributed by atoms with Gasteiger partial charge in [-0.05, 0) is 36.6 Å². The number of thiazole rings is 1. The van der Waals surface area contributed by atoms with Gasteiger partial charge in [-0.25, -0.2) is 4.98 Å². The van der Waals surface area contributed by atoms with Crippen molar-refractivity contribution in [1.29, 1.82) is 0 Å². The maximum Gasteiger partial charge on any atom is 0.268 e. The van der Waals surface area contributed by atoms with E-state index in [4.69, 9.17) is 5.73 Å². The lowest BCUT2D eigenvalue weighted by atomic mass is 9.83. The van der Waals surface area contributed by atoms with Crippen LogP contribution in [0.2, 0.25) is 0 Å². The van der Waals surface area contributed by atoms with E-state index in [1.807, 2.05) is 5.38 Å². The van der Waals surface area contributed by atoms with E-state index in [0.717, 1.165) is 18.4 Å². The van der Waals surface area contributed by atoms with E-state index < -0.39 is 5.91 Å². The number of carbonyl (C=O) groups excluding carboxylic acids is 2. The SMILES string of the molecule is Cc1ncsc1C(=O)Nc1scc(C2CCCCC2)c1C(N)=O. The number of amides is 2. The molecule has 0 spiro atoms. The number of aromatic nitrogens is 1. The summed E-state index contributed by atoms with van der Waals surface area (Å²) in [5.74, 6) is -0.328. The second kappa shape index (κ2) is 6.80. The number of nitrogens with two attached hydrogens (primary N) is 1. The molecule has 122 valence electrons. The third-order valence-corrected chi connectivity index (χ3v) is 6.13. The van der Waals surface area contributed by atoms with Gasteiger partial charge in [-0.3, -0.25) is 9.59 Å². The molecule has 2 aromatic rings. The largest absolute Gasteiger partial charge is 0.365 e. The quantitative estimate of drug-likeness (QED) is 0.877. The summed E-state index contributed by atoms with van der Waals surface area (Å²) in [5, 5.41) is 5.37. The van der Waals surface area contributed by atoms with Gasteiger partial charge in [0.15, 0.2) is 0 Å². The van der Waals surface area contributed by atoms with Gasteiger partial charge in [-0.15, -0.1) is 22.7 Å².